The number of nitrogens with zero attached hydrogens (tertiary/aromatic N) is 4. The number of rotatable bonds is 5. The number of tetrazole rings is 1. The van der Waals surface area contributed by atoms with Crippen molar-refractivity contribution in [2.45, 2.75) is 6.04 Å². The van der Waals surface area contributed by atoms with Gasteiger partial charge in [0.05, 0.1) is 24.7 Å². The van der Waals surface area contributed by atoms with Gasteiger partial charge in [-0.25, -0.2) is 4.79 Å². The molecular weight excluding hydrogens is 398 g/mol. The van der Waals surface area contributed by atoms with E-state index in [1.807, 2.05) is 0 Å². The zero-order valence-corrected chi connectivity index (χ0v) is 16.1. The molecule has 11 heteroatoms. The first-order valence-corrected chi connectivity index (χ1v) is 9.25. The Balaban J connectivity index is 1.97. The first-order valence-electron chi connectivity index (χ1n) is 8.37. The molecule has 1 aromatic carbocycles. The van der Waals surface area contributed by atoms with Crippen molar-refractivity contribution in [3.8, 4) is 11.5 Å². The van der Waals surface area contributed by atoms with Crippen LogP contribution in [0.25, 0.3) is 0 Å². The first kappa shape index (κ1) is 18.6. The Labute approximate surface area is 168 Å². The highest BCUT2D eigenvalue weighted by molar-refractivity contribution is 7.12. The van der Waals surface area contributed by atoms with Gasteiger partial charge in [0, 0.05) is 0 Å². The molecule has 4 rings (SSSR count). The van der Waals surface area contributed by atoms with Crippen molar-refractivity contribution in [1.29, 1.82) is 0 Å². The topological polar surface area (TPSA) is 128 Å². The van der Waals surface area contributed by atoms with Crippen molar-refractivity contribution in [3.63, 3.8) is 0 Å². The average Bonchev–Trinajstić information content (AvgIpc) is 3.43. The molecule has 0 bridgehead atoms. The van der Waals surface area contributed by atoms with Crippen LogP contribution in [0.1, 0.15) is 21.3 Å². The molecule has 1 aliphatic rings. The standard InChI is InChI=1S/C18H15N5O5S/c1-27-11-8-9(5-6-10(11)24)15-13(16(25)12-4-3-7-29-12)14(17(26)28-2)19-18-20-21-22-23(15)18/h3-8,15,24H,1-2H3,(H,19,20,22)/t15-/m0/s1. The van der Waals surface area contributed by atoms with Crippen LogP contribution in [0.5, 0.6) is 11.5 Å². The highest BCUT2D eigenvalue weighted by Gasteiger charge is 2.39. The van der Waals surface area contributed by atoms with Gasteiger partial charge < -0.3 is 19.9 Å². The number of Topliss-reactive ketones (excluding diaryl/α,β-unsaturated/α-hetero) is 1. The minimum Gasteiger partial charge on any atom is -0.504 e. The number of carbonyl (C=O) groups excluding carboxylic acids is 2. The summed E-state index contributed by atoms with van der Waals surface area (Å²) in [6.45, 7) is 0. The van der Waals surface area contributed by atoms with E-state index in [0.717, 1.165) is 0 Å². The number of phenolic OH excluding ortho intramolecular Hbond substituents is 1. The van der Waals surface area contributed by atoms with Crippen LogP contribution in [0.3, 0.4) is 0 Å². The summed E-state index contributed by atoms with van der Waals surface area (Å²) in [5.74, 6) is -0.783. The Hall–Kier alpha value is -3.73. The number of fused-ring (bicyclic) bond motifs is 1. The number of aromatic hydroxyl groups is 1. The van der Waals surface area contributed by atoms with Gasteiger partial charge in [-0.05, 0) is 39.6 Å². The Morgan fingerprint density at radius 3 is 2.79 bits per heavy atom. The van der Waals surface area contributed by atoms with Crippen LogP contribution in [0, 0.1) is 0 Å². The minimum atomic E-state index is -0.848. The summed E-state index contributed by atoms with van der Waals surface area (Å²) >= 11 is 1.25. The van der Waals surface area contributed by atoms with Gasteiger partial charge in [-0.1, -0.05) is 17.2 Å². The quantitative estimate of drug-likeness (QED) is 0.475. The van der Waals surface area contributed by atoms with Crippen molar-refractivity contribution in [2.24, 2.45) is 0 Å². The zero-order valence-electron chi connectivity index (χ0n) is 15.3. The van der Waals surface area contributed by atoms with Gasteiger partial charge in [-0.3, -0.25) is 4.79 Å². The molecule has 1 aliphatic heterocycles. The lowest BCUT2D eigenvalue weighted by atomic mass is 9.91. The lowest BCUT2D eigenvalue weighted by Crippen LogP contribution is -2.32. The number of methoxy groups -OCH3 is 2. The van der Waals surface area contributed by atoms with Crippen LogP contribution in [-0.2, 0) is 9.53 Å². The molecule has 29 heavy (non-hydrogen) atoms. The van der Waals surface area contributed by atoms with Crippen LogP contribution in [0.15, 0.2) is 47.0 Å². The summed E-state index contributed by atoms with van der Waals surface area (Å²) in [5, 5.41) is 26.0. The summed E-state index contributed by atoms with van der Waals surface area (Å²) in [6.07, 6.45) is 0. The highest BCUT2D eigenvalue weighted by Crippen LogP contribution is 2.39. The van der Waals surface area contributed by atoms with Crippen molar-refractivity contribution >= 4 is 29.0 Å². The number of nitrogens with one attached hydrogen (secondary N) is 1. The van der Waals surface area contributed by atoms with Crippen LogP contribution in [0.4, 0.5) is 5.95 Å². The van der Waals surface area contributed by atoms with Crippen LogP contribution >= 0.6 is 11.3 Å². The maximum atomic E-state index is 13.4. The molecule has 3 heterocycles. The fraction of sp³-hybridized carbons (Fsp3) is 0.167. The Bertz CT molecular complexity index is 1120. The molecule has 3 aromatic rings. The van der Waals surface area contributed by atoms with E-state index in [1.54, 1.807) is 29.6 Å². The number of ether oxygens (including phenoxy) is 2. The molecule has 0 spiro atoms. The Kier molecular flexibility index (Phi) is 4.72. The summed E-state index contributed by atoms with van der Waals surface area (Å²) in [5.41, 5.74) is 0.605. The second-order valence-corrected chi connectivity index (χ2v) is 6.94. The number of thiophene rings is 1. The molecule has 0 amide bonds. The summed E-state index contributed by atoms with van der Waals surface area (Å²) in [7, 11) is 2.64. The van der Waals surface area contributed by atoms with Crippen molar-refractivity contribution in [2.75, 3.05) is 19.5 Å². The summed E-state index contributed by atoms with van der Waals surface area (Å²) < 4.78 is 11.5. The molecule has 2 N–H and O–H groups in total. The largest absolute Gasteiger partial charge is 0.504 e. The normalized spacial score (nSPS) is 15.4. The molecule has 0 unspecified atom stereocenters. The number of hydrogen-bond acceptors (Lipinski definition) is 10. The van der Waals surface area contributed by atoms with E-state index >= 15 is 0 Å². The third-order valence-electron chi connectivity index (χ3n) is 4.42. The van der Waals surface area contributed by atoms with Crippen molar-refractivity contribution in [1.82, 2.24) is 20.2 Å². The van der Waals surface area contributed by atoms with E-state index in [-0.39, 0.29) is 34.5 Å². The van der Waals surface area contributed by atoms with Crippen molar-refractivity contribution in [3.05, 3.63) is 57.4 Å². The Morgan fingerprint density at radius 1 is 1.28 bits per heavy atom. The molecule has 0 saturated carbocycles. The van der Waals surface area contributed by atoms with Gasteiger partial charge in [-0.15, -0.1) is 11.3 Å². The average molecular weight is 413 g/mol. The molecule has 1 atom stereocenters. The number of hydrogen-bond donors (Lipinski definition) is 2. The van der Waals surface area contributed by atoms with Gasteiger partial charge >= 0.3 is 5.97 Å². The number of anilines is 1. The molecule has 0 radical (unpaired) electrons. The number of allylic oxidation sites excluding steroid dienone is 1. The van der Waals surface area contributed by atoms with Gasteiger partial charge in [0.25, 0.3) is 0 Å². The van der Waals surface area contributed by atoms with E-state index in [1.165, 1.54) is 36.3 Å². The zero-order chi connectivity index (χ0) is 20.5. The number of carbonyl (C=O) groups is 2. The Morgan fingerprint density at radius 2 is 2.10 bits per heavy atom. The number of ketones is 1. The molecular formula is C18H15N5O5S. The van der Waals surface area contributed by atoms with E-state index in [9.17, 15) is 14.7 Å². The second-order valence-electron chi connectivity index (χ2n) is 5.99. The molecule has 0 aliphatic carbocycles. The summed E-state index contributed by atoms with van der Waals surface area (Å²) in [6, 6.07) is 7.17. The number of benzene rings is 1. The van der Waals surface area contributed by atoms with E-state index in [2.05, 4.69) is 20.8 Å². The summed E-state index contributed by atoms with van der Waals surface area (Å²) in [4.78, 5) is 26.3. The lowest BCUT2D eigenvalue weighted by molar-refractivity contribution is -0.136. The van der Waals surface area contributed by atoms with Gasteiger partial charge in [0.2, 0.25) is 11.7 Å². The van der Waals surface area contributed by atoms with Crippen LogP contribution in [0.2, 0.25) is 0 Å². The number of phenols is 1. The molecule has 2 aromatic heterocycles. The maximum Gasteiger partial charge on any atom is 0.355 e. The van der Waals surface area contributed by atoms with E-state index in [0.29, 0.717) is 10.4 Å². The van der Waals surface area contributed by atoms with Gasteiger partial charge in [-0.2, -0.15) is 4.68 Å². The molecule has 0 saturated heterocycles. The van der Waals surface area contributed by atoms with Gasteiger partial charge in [0.15, 0.2) is 11.5 Å². The number of aromatic nitrogens is 4. The SMILES string of the molecule is COC(=O)C1=C(C(=O)c2cccs2)[C@H](c2ccc(O)c(OC)c2)n2nnnc2N1. The van der Waals surface area contributed by atoms with Crippen molar-refractivity contribution < 1.29 is 24.2 Å². The van der Waals surface area contributed by atoms with Crippen LogP contribution < -0.4 is 10.1 Å². The predicted molar refractivity (Wildman–Crippen MR) is 102 cm³/mol. The third kappa shape index (κ3) is 3.10. The maximum absolute atomic E-state index is 13.4. The van der Waals surface area contributed by atoms with Gasteiger partial charge in [0.1, 0.15) is 11.7 Å². The smallest absolute Gasteiger partial charge is 0.355 e. The molecule has 0 fully saturated rings. The molecule has 10 nitrogen and oxygen atoms in total. The minimum absolute atomic E-state index is 0.0507. The fourth-order valence-corrected chi connectivity index (χ4v) is 3.78. The van der Waals surface area contributed by atoms with Crippen LogP contribution in [-0.4, -0.2) is 51.3 Å². The predicted octanol–water partition coefficient (Wildman–Crippen LogP) is 1.77. The lowest BCUT2D eigenvalue weighted by Gasteiger charge is -2.28. The monoisotopic (exact) mass is 413 g/mol. The third-order valence-corrected chi connectivity index (χ3v) is 5.28. The van der Waals surface area contributed by atoms with E-state index in [4.69, 9.17) is 9.47 Å². The second kappa shape index (κ2) is 7.36. The highest BCUT2D eigenvalue weighted by atomic mass is 32.1. The number of esters is 1. The fourth-order valence-electron chi connectivity index (χ4n) is 3.10. The molecule has 148 valence electrons. The van der Waals surface area contributed by atoms with E-state index < -0.39 is 12.0 Å². The first-order chi connectivity index (χ1) is 14.0.